The predicted molar refractivity (Wildman–Crippen MR) is 63.9 cm³/mol. The summed E-state index contributed by atoms with van der Waals surface area (Å²) in [7, 11) is 0. The largest absolute Gasteiger partial charge is 0.481 e. The maximum Gasteiger partial charge on any atom is 0.309 e. The van der Waals surface area contributed by atoms with Crippen molar-refractivity contribution in [2.45, 2.75) is 60.8 Å². The highest BCUT2D eigenvalue weighted by Gasteiger charge is 2.34. The number of hydrogen-bond acceptors (Lipinski definition) is 1. The number of aliphatic carboxylic acids is 1. The van der Waals surface area contributed by atoms with E-state index in [0.717, 1.165) is 19.3 Å². The van der Waals surface area contributed by atoms with Crippen molar-refractivity contribution >= 4 is 5.97 Å². The molecule has 1 N–H and O–H groups in total. The van der Waals surface area contributed by atoms with Gasteiger partial charge in [-0.25, -0.2) is 0 Å². The van der Waals surface area contributed by atoms with Gasteiger partial charge in [0.05, 0.1) is 5.41 Å². The van der Waals surface area contributed by atoms with Crippen LogP contribution in [0.2, 0.25) is 0 Å². The summed E-state index contributed by atoms with van der Waals surface area (Å²) in [6, 6.07) is 0. The molecule has 0 saturated heterocycles. The fourth-order valence-corrected chi connectivity index (χ4v) is 2.43. The Labute approximate surface area is 94.1 Å². The first-order valence-electron chi connectivity index (χ1n) is 5.84. The maximum atomic E-state index is 11.1. The van der Waals surface area contributed by atoms with E-state index in [0.29, 0.717) is 5.92 Å². The molecule has 0 amide bonds. The molecule has 2 heteroatoms. The van der Waals surface area contributed by atoms with Gasteiger partial charge in [-0.3, -0.25) is 4.79 Å². The van der Waals surface area contributed by atoms with E-state index >= 15 is 0 Å². The van der Waals surface area contributed by atoms with Gasteiger partial charge in [-0.15, -0.1) is 0 Å². The second kappa shape index (κ2) is 5.00. The lowest BCUT2D eigenvalue weighted by atomic mass is 9.71. The third kappa shape index (κ3) is 5.19. The van der Waals surface area contributed by atoms with Crippen molar-refractivity contribution in [3.8, 4) is 0 Å². The van der Waals surface area contributed by atoms with Crippen LogP contribution in [-0.2, 0) is 4.79 Å². The summed E-state index contributed by atoms with van der Waals surface area (Å²) in [6.45, 7) is 12.4. The summed E-state index contributed by atoms with van der Waals surface area (Å²) in [6.07, 6.45) is 3.00. The summed E-state index contributed by atoms with van der Waals surface area (Å²) in [5, 5.41) is 9.10. The van der Waals surface area contributed by atoms with Crippen molar-refractivity contribution in [1.82, 2.24) is 0 Å². The fraction of sp³-hybridized carbons (Fsp3) is 0.923. The third-order valence-electron chi connectivity index (χ3n) is 3.10. The SMILES string of the molecule is CCC(C)CC(C)(C)CC(C)(C)C(=O)O. The van der Waals surface area contributed by atoms with Gasteiger partial charge in [0.15, 0.2) is 0 Å². The normalized spacial score (nSPS) is 15.1. The van der Waals surface area contributed by atoms with Crippen molar-refractivity contribution < 1.29 is 9.90 Å². The lowest BCUT2D eigenvalue weighted by Gasteiger charge is -2.34. The molecule has 0 saturated carbocycles. The number of hydrogen-bond donors (Lipinski definition) is 1. The summed E-state index contributed by atoms with van der Waals surface area (Å²) >= 11 is 0. The molecule has 0 aromatic heterocycles. The molecule has 0 fully saturated rings. The quantitative estimate of drug-likeness (QED) is 0.727. The molecule has 15 heavy (non-hydrogen) atoms. The smallest absolute Gasteiger partial charge is 0.309 e. The van der Waals surface area contributed by atoms with Crippen LogP contribution >= 0.6 is 0 Å². The summed E-state index contributed by atoms with van der Waals surface area (Å²) in [5.41, 5.74) is -0.506. The van der Waals surface area contributed by atoms with Crippen LogP contribution in [0.15, 0.2) is 0 Å². The van der Waals surface area contributed by atoms with Crippen LogP contribution < -0.4 is 0 Å². The Morgan fingerprint density at radius 1 is 1.27 bits per heavy atom. The summed E-state index contributed by atoms with van der Waals surface area (Å²) in [4.78, 5) is 11.1. The van der Waals surface area contributed by atoms with Gasteiger partial charge < -0.3 is 5.11 Å². The van der Waals surface area contributed by atoms with Gasteiger partial charge in [0.25, 0.3) is 0 Å². The Kier molecular flexibility index (Phi) is 4.82. The Hall–Kier alpha value is -0.530. The molecule has 1 unspecified atom stereocenters. The average molecular weight is 214 g/mol. The van der Waals surface area contributed by atoms with Crippen molar-refractivity contribution in [2.24, 2.45) is 16.7 Å². The highest BCUT2D eigenvalue weighted by Crippen LogP contribution is 2.38. The van der Waals surface area contributed by atoms with Crippen molar-refractivity contribution in [3.63, 3.8) is 0 Å². The zero-order valence-corrected chi connectivity index (χ0v) is 11.1. The molecular formula is C13H26O2. The van der Waals surface area contributed by atoms with E-state index in [9.17, 15) is 4.79 Å². The molecule has 2 nitrogen and oxygen atoms in total. The Bertz CT molecular complexity index is 217. The van der Waals surface area contributed by atoms with E-state index in [-0.39, 0.29) is 5.41 Å². The van der Waals surface area contributed by atoms with Crippen molar-refractivity contribution in [2.75, 3.05) is 0 Å². The molecule has 0 spiro atoms. The molecule has 0 rings (SSSR count). The first kappa shape index (κ1) is 14.5. The lowest BCUT2D eigenvalue weighted by Crippen LogP contribution is -2.31. The van der Waals surface area contributed by atoms with Crippen LogP contribution in [0, 0.1) is 16.7 Å². The first-order chi connectivity index (χ1) is 6.60. The minimum absolute atomic E-state index is 0.108. The van der Waals surface area contributed by atoms with E-state index in [4.69, 9.17) is 5.11 Å². The second-order valence-electron chi connectivity index (χ2n) is 6.25. The monoisotopic (exact) mass is 214 g/mol. The van der Waals surface area contributed by atoms with E-state index < -0.39 is 11.4 Å². The molecule has 0 aromatic carbocycles. The van der Waals surface area contributed by atoms with E-state index in [1.807, 2.05) is 13.8 Å². The van der Waals surface area contributed by atoms with E-state index in [1.165, 1.54) is 0 Å². The standard InChI is InChI=1S/C13H26O2/c1-7-10(2)8-12(3,4)9-13(5,6)11(14)15/h10H,7-9H2,1-6H3,(H,14,15). The molecule has 0 aliphatic heterocycles. The minimum atomic E-state index is -0.695. The topological polar surface area (TPSA) is 37.3 Å². The number of carboxylic acid groups (broad SMARTS) is 1. The van der Waals surface area contributed by atoms with Crippen molar-refractivity contribution in [1.29, 1.82) is 0 Å². The third-order valence-corrected chi connectivity index (χ3v) is 3.10. The lowest BCUT2D eigenvalue weighted by molar-refractivity contribution is -0.148. The second-order valence-corrected chi connectivity index (χ2v) is 6.25. The Balaban J connectivity index is 4.43. The maximum absolute atomic E-state index is 11.1. The van der Waals surface area contributed by atoms with Crippen LogP contribution in [0.3, 0.4) is 0 Å². The van der Waals surface area contributed by atoms with Gasteiger partial charge in [0, 0.05) is 0 Å². The highest BCUT2D eigenvalue weighted by molar-refractivity contribution is 5.73. The van der Waals surface area contributed by atoms with Crippen LogP contribution in [0.4, 0.5) is 0 Å². The van der Waals surface area contributed by atoms with E-state index in [2.05, 4.69) is 27.7 Å². The van der Waals surface area contributed by atoms with Gasteiger partial charge in [0.1, 0.15) is 0 Å². The van der Waals surface area contributed by atoms with Crippen LogP contribution in [0.25, 0.3) is 0 Å². The van der Waals surface area contributed by atoms with Gasteiger partial charge in [0.2, 0.25) is 0 Å². The molecule has 0 heterocycles. The minimum Gasteiger partial charge on any atom is -0.481 e. The first-order valence-corrected chi connectivity index (χ1v) is 5.84. The molecule has 0 aromatic rings. The van der Waals surface area contributed by atoms with Crippen LogP contribution in [0.5, 0.6) is 0 Å². The number of rotatable bonds is 6. The highest BCUT2D eigenvalue weighted by atomic mass is 16.4. The van der Waals surface area contributed by atoms with Gasteiger partial charge in [-0.2, -0.15) is 0 Å². The predicted octanol–water partition coefficient (Wildman–Crippen LogP) is 3.95. The zero-order chi connectivity index (χ0) is 12.3. The van der Waals surface area contributed by atoms with Gasteiger partial charge in [-0.1, -0.05) is 34.1 Å². The van der Waals surface area contributed by atoms with Gasteiger partial charge in [-0.05, 0) is 38.0 Å². The summed E-state index contributed by atoms with van der Waals surface area (Å²) in [5.74, 6) is -0.0238. The summed E-state index contributed by atoms with van der Waals surface area (Å²) < 4.78 is 0. The number of carbonyl (C=O) groups is 1. The molecule has 0 radical (unpaired) electrons. The molecule has 0 bridgehead atoms. The molecule has 0 aliphatic rings. The average Bonchev–Trinajstić information content (AvgIpc) is 2.00. The number of carboxylic acids is 1. The van der Waals surface area contributed by atoms with Gasteiger partial charge >= 0.3 is 5.97 Å². The Morgan fingerprint density at radius 3 is 2.07 bits per heavy atom. The van der Waals surface area contributed by atoms with Crippen LogP contribution in [0.1, 0.15) is 60.8 Å². The van der Waals surface area contributed by atoms with Crippen LogP contribution in [-0.4, -0.2) is 11.1 Å². The zero-order valence-electron chi connectivity index (χ0n) is 11.1. The molecule has 0 aliphatic carbocycles. The fourth-order valence-electron chi connectivity index (χ4n) is 2.43. The molecule has 90 valence electrons. The molecular weight excluding hydrogens is 188 g/mol. The Morgan fingerprint density at radius 2 is 1.73 bits per heavy atom. The molecule has 1 atom stereocenters. The van der Waals surface area contributed by atoms with Crippen molar-refractivity contribution in [3.05, 3.63) is 0 Å². The van der Waals surface area contributed by atoms with E-state index in [1.54, 1.807) is 0 Å².